The fraction of sp³-hybridized carbons (Fsp3) is 0.0233. The van der Waals surface area contributed by atoms with Crippen LogP contribution in [-0.4, -0.2) is 0 Å². The van der Waals surface area contributed by atoms with E-state index in [0.717, 1.165) is 33.3 Å². The maximum Gasteiger partial charge on any atom is 0.136 e. The van der Waals surface area contributed by atoms with Crippen molar-refractivity contribution in [3.05, 3.63) is 180 Å². The molecular weight excluding hydrogens is 579 g/mol. The van der Waals surface area contributed by atoms with Gasteiger partial charge in [-0.25, -0.2) is 0 Å². The zero-order valence-electron chi connectivity index (χ0n) is 24.8. The number of nitrogens with one attached hydrogen (secondary N) is 1. The van der Waals surface area contributed by atoms with Gasteiger partial charge < -0.3 is 9.73 Å². The van der Waals surface area contributed by atoms with Crippen molar-refractivity contribution in [2.24, 2.45) is 0 Å². The molecule has 1 aliphatic carbocycles. The molecule has 3 heteroatoms. The van der Waals surface area contributed by atoms with Gasteiger partial charge in [0.15, 0.2) is 0 Å². The van der Waals surface area contributed by atoms with Crippen molar-refractivity contribution >= 4 is 45.1 Å². The molecule has 1 spiro atoms. The molecule has 0 radical (unpaired) electrons. The number of benzene rings is 7. The van der Waals surface area contributed by atoms with Gasteiger partial charge in [0.05, 0.1) is 5.41 Å². The fourth-order valence-corrected chi connectivity index (χ4v) is 9.02. The summed E-state index contributed by atoms with van der Waals surface area (Å²) in [4.78, 5) is 2.62. The number of para-hydroxylation sites is 1. The molecule has 10 rings (SSSR count). The molecule has 7 aromatic carbocycles. The van der Waals surface area contributed by atoms with E-state index in [1.165, 1.54) is 54.3 Å². The van der Waals surface area contributed by atoms with Gasteiger partial charge in [0.2, 0.25) is 0 Å². The fourth-order valence-electron chi connectivity index (χ4n) is 7.85. The van der Waals surface area contributed by atoms with E-state index in [-0.39, 0.29) is 5.41 Å². The first-order valence-corrected chi connectivity index (χ1v) is 16.5. The Balaban J connectivity index is 1.08. The van der Waals surface area contributed by atoms with E-state index in [4.69, 9.17) is 4.42 Å². The highest BCUT2D eigenvalue weighted by molar-refractivity contribution is 7.99. The van der Waals surface area contributed by atoms with Crippen LogP contribution in [0.1, 0.15) is 22.3 Å². The van der Waals surface area contributed by atoms with E-state index in [1.54, 1.807) is 0 Å². The van der Waals surface area contributed by atoms with Crippen molar-refractivity contribution < 1.29 is 4.42 Å². The summed E-state index contributed by atoms with van der Waals surface area (Å²) in [5.74, 6) is 0. The lowest BCUT2D eigenvalue weighted by atomic mass is 9.67. The SMILES string of the molecule is c1ccc2c(c1)Sc1ccc(Nc3ccc(-c4cccc5oc6ccccc6c45)cc3)cc1C21c2ccccc2-c2ccccc21. The molecule has 8 aromatic rings. The van der Waals surface area contributed by atoms with Gasteiger partial charge in [-0.15, -0.1) is 0 Å². The number of fused-ring (bicyclic) bond motifs is 12. The maximum atomic E-state index is 6.15. The molecular formula is C43H27NOS. The first kappa shape index (κ1) is 25.8. The lowest BCUT2D eigenvalue weighted by molar-refractivity contribution is 0.669. The van der Waals surface area contributed by atoms with E-state index >= 15 is 0 Å². The van der Waals surface area contributed by atoms with Crippen molar-refractivity contribution in [3.63, 3.8) is 0 Å². The highest BCUT2D eigenvalue weighted by Gasteiger charge is 2.50. The Morgan fingerprint density at radius 2 is 1.07 bits per heavy atom. The van der Waals surface area contributed by atoms with Gasteiger partial charge in [0.25, 0.3) is 0 Å². The number of hydrogen-bond acceptors (Lipinski definition) is 3. The Bertz CT molecular complexity index is 2440. The van der Waals surface area contributed by atoms with E-state index in [2.05, 4.69) is 151 Å². The molecule has 2 aliphatic rings. The molecule has 1 aliphatic heterocycles. The predicted octanol–water partition coefficient (Wildman–Crippen LogP) is 11.8. The van der Waals surface area contributed by atoms with Crippen molar-refractivity contribution in [3.8, 4) is 22.3 Å². The van der Waals surface area contributed by atoms with E-state index < -0.39 is 0 Å². The first-order chi connectivity index (χ1) is 22.8. The van der Waals surface area contributed by atoms with Crippen LogP contribution >= 0.6 is 11.8 Å². The maximum absolute atomic E-state index is 6.15. The van der Waals surface area contributed by atoms with Crippen molar-refractivity contribution in [1.29, 1.82) is 0 Å². The average molecular weight is 606 g/mol. The highest BCUT2D eigenvalue weighted by atomic mass is 32.2. The Morgan fingerprint density at radius 1 is 0.457 bits per heavy atom. The third-order valence-electron chi connectivity index (χ3n) is 9.73. The summed E-state index contributed by atoms with van der Waals surface area (Å²) in [5.41, 5.74) is 14.0. The smallest absolute Gasteiger partial charge is 0.136 e. The molecule has 0 atom stereocenters. The summed E-state index contributed by atoms with van der Waals surface area (Å²) >= 11 is 1.87. The molecule has 1 aromatic heterocycles. The third kappa shape index (κ3) is 3.55. The van der Waals surface area contributed by atoms with Crippen molar-refractivity contribution in [2.45, 2.75) is 15.2 Å². The lowest BCUT2D eigenvalue weighted by Crippen LogP contribution is -2.32. The van der Waals surface area contributed by atoms with Gasteiger partial charge in [0, 0.05) is 31.9 Å². The molecule has 1 N–H and O–H groups in total. The van der Waals surface area contributed by atoms with Crippen LogP contribution in [-0.2, 0) is 5.41 Å². The quantitative estimate of drug-likeness (QED) is 0.217. The summed E-state index contributed by atoms with van der Waals surface area (Å²) < 4.78 is 6.15. The number of anilines is 2. The van der Waals surface area contributed by atoms with Gasteiger partial charge in [-0.1, -0.05) is 121 Å². The molecule has 0 bridgehead atoms. The Hall–Kier alpha value is -5.51. The van der Waals surface area contributed by atoms with E-state index in [9.17, 15) is 0 Å². The van der Waals surface area contributed by atoms with Crippen molar-refractivity contribution in [2.75, 3.05) is 5.32 Å². The summed E-state index contributed by atoms with van der Waals surface area (Å²) in [7, 11) is 0. The van der Waals surface area contributed by atoms with Crippen LogP contribution in [0.4, 0.5) is 11.4 Å². The number of rotatable bonds is 3. The summed E-state index contributed by atoms with van der Waals surface area (Å²) in [5, 5.41) is 6.05. The molecule has 0 saturated carbocycles. The highest BCUT2D eigenvalue weighted by Crippen LogP contribution is 2.62. The number of furan rings is 1. The van der Waals surface area contributed by atoms with Crippen LogP contribution in [0, 0.1) is 0 Å². The Kier molecular flexibility index (Phi) is 5.46. The van der Waals surface area contributed by atoms with Gasteiger partial charge >= 0.3 is 0 Å². The van der Waals surface area contributed by atoms with Crippen LogP contribution in [0.5, 0.6) is 0 Å². The Labute approximate surface area is 271 Å². The van der Waals surface area contributed by atoms with Gasteiger partial charge in [-0.2, -0.15) is 0 Å². The standard InChI is InChI=1S/C43H27NOS/c1-4-14-34-31(10-1)32-11-2-5-15-35(32)43(34)36-16-6-8-19-40(36)46-41-25-24-29(26-37(41)43)44-28-22-20-27(21-23-28)30-13-9-18-39-42(30)33-12-3-7-17-38(33)45-39/h1-26,44H. The molecule has 0 unspecified atom stereocenters. The van der Waals surface area contributed by atoms with E-state index in [1.807, 2.05) is 23.9 Å². The molecule has 2 nitrogen and oxygen atoms in total. The zero-order chi connectivity index (χ0) is 30.2. The lowest BCUT2D eigenvalue weighted by Gasteiger charge is -2.39. The minimum Gasteiger partial charge on any atom is -0.456 e. The second-order valence-electron chi connectivity index (χ2n) is 12.1. The molecule has 0 amide bonds. The van der Waals surface area contributed by atoms with Crippen LogP contribution in [0.15, 0.2) is 172 Å². The normalized spacial score (nSPS) is 13.7. The summed E-state index contributed by atoms with van der Waals surface area (Å²) in [6.07, 6.45) is 0. The van der Waals surface area contributed by atoms with Crippen LogP contribution in [0.2, 0.25) is 0 Å². The molecule has 0 fully saturated rings. The summed E-state index contributed by atoms with van der Waals surface area (Å²) in [6, 6.07) is 57.1. The second kappa shape index (κ2) is 9.74. The van der Waals surface area contributed by atoms with Crippen molar-refractivity contribution in [1.82, 2.24) is 0 Å². The average Bonchev–Trinajstić information content (AvgIpc) is 3.64. The number of hydrogen-bond donors (Lipinski definition) is 1. The van der Waals surface area contributed by atoms with Gasteiger partial charge in [-0.05, 0) is 93.0 Å². The minimum absolute atomic E-state index is 0.377. The minimum atomic E-state index is -0.377. The second-order valence-corrected chi connectivity index (χ2v) is 13.2. The predicted molar refractivity (Wildman–Crippen MR) is 190 cm³/mol. The molecule has 2 heterocycles. The monoisotopic (exact) mass is 605 g/mol. The molecule has 46 heavy (non-hydrogen) atoms. The van der Waals surface area contributed by atoms with Gasteiger partial charge in [0.1, 0.15) is 11.2 Å². The first-order valence-electron chi connectivity index (χ1n) is 15.7. The zero-order valence-corrected chi connectivity index (χ0v) is 25.6. The van der Waals surface area contributed by atoms with Crippen LogP contribution in [0.3, 0.4) is 0 Å². The third-order valence-corrected chi connectivity index (χ3v) is 10.9. The van der Waals surface area contributed by atoms with Gasteiger partial charge in [-0.3, -0.25) is 0 Å². The van der Waals surface area contributed by atoms with E-state index in [0.29, 0.717) is 0 Å². The summed E-state index contributed by atoms with van der Waals surface area (Å²) in [6.45, 7) is 0. The van der Waals surface area contributed by atoms with Crippen LogP contribution in [0.25, 0.3) is 44.2 Å². The molecule has 216 valence electrons. The Morgan fingerprint density at radius 3 is 1.87 bits per heavy atom. The largest absolute Gasteiger partial charge is 0.456 e. The van der Waals surface area contributed by atoms with Crippen LogP contribution < -0.4 is 5.32 Å². The molecule has 0 saturated heterocycles. The topological polar surface area (TPSA) is 25.2 Å².